The van der Waals surface area contributed by atoms with Crippen molar-refractivity contribution in [1.82, 2.24) is 0 Å². The van der Waals surface area contributed by atoms with E-state index in [1.807, 2.05) is 32.9 Å². The number of aryl methyl sites for hydroxylation is 1. The van der Waals surface area contributed by atoms with Crippen molar-refractivity contribution in [3.63, 3.8) is 0 Å². The van der Waals surface area contributed by atoms with Crippen LogP contribution in [0.3, 0.4) is 0 Å². The summed E-state index contributed by atoms with van der Waals surface area (Å²) < 4.78 is 28.0. The first kappa shape index (κ1) is 30.3. The number of ether oxygens (including phenoxy) is 5. The van der Waals surface area contributed by atoms with Gasteiger partial charge in [-0.3, -0.25) is 4.79 Å². The Morgan fingerprint density at radius 1 is 1.05 bits per heavy atom. The third-order valence-electron chi connectivity index (χ3n) is 6.11. The highest BCUT2D eigenvalue weighted by Gasteiger charge is 2.42. The van der Waals surface area contributed by atoms with E-state index < -0.39 is 11.6 Å². The predicted octanol–water partition coefficient (Wildman–Crippen LogP) is 5.23. The number of carboxylic acid groups (broad SMARTS) is 1. The average molecular weight is 611 g/mol. The molecule has 2 N–H and O–H groups in total. The second-order valence-electron chi connectivity index (χ2n) is 9.62. The van der Waals surface area contributed by atoms with E-state index in [-0.39, 0.29) is 36.6 Å². The van der Waals surface area contributed by atoms with Gasteiger partial charge in [0, 0.05) is 27.5 Å². The summed E-state index contributed by atoms with van der Waals surface area (Å²) in [7, 11) is 1.35. The minimum atomic E-state index is -1.01. The van der Waals surface area contributed by atoms with Gasteiger partial charge in [-0.25, -0.2) is 4.79 Å². The fourth-order valence-electron chi connectivity index (χ4n) is 4.16. The number of thiophene rings is 3. The molecule has 218 valence electrons. The lowest BCUT2D eigenvalue weighted by atomic mass is 10.00. The molecule has 3 aromatic heterocycles. The van der Waals surface area contributed by atoms with Gasteiger partial charge in [0.1, 0.15) is 29.0 Å². The van der Waals surface area contributed by atoms with E-state index in [4.69, 9.17) is 23.7 Å². The van der Waals surface area contributed by atoms with Gasteiger partial charge >= 0.3 is 11.9 Å². The highest BCUT2D eigenvalue weighted by atomic mass is 32.1. The van der Waals surface area contributed by atoms with Crippen molar-refractivity contribution >= 4 is 45.9 Å². The molecule has 1 atom stereocenters. The standard InChI is InChI=1S/C28H34O9S3/c1-5-7-35-21-12-19(40-25(21)27(30)31)9-16(2)37-20-11-18(39-23(20)13-24(29)33-4)6-8-36-22-10-17(3)38-26(22)28(32)14-34-15-28/h10-12,16,32H,5-9,13-15H2,1-4H3,(H,30,31). The van der Waals surface area contributed by atoms with E-state index in [1.54, 1.807) is 6.07 Å². The number of esters is 1. The zero-order valence-corrected chi connectivity index (χ0v) is 25.4. The summed E-state index contributed by atoms with van der Waals surface area (Å²) in [6.07, 6.45) is 1.66. The van der Waals surface area contributed by atoms with Crippen LogP contribution >= 0.6 is 34.0 Å². The Morgan fingerprint density at radius 3 is 2.42 bits per heavy atom. The lowest BCUT2D eigenvalue weighted by Gasteiger charge is -2.35. The van der Waals surface area contributed by atoms with Gasteiger partial charge in [-0.15, -0.1) is 34.0 Å². The fraction of sp³-hybridized carbons (Fsp3) is 0.500. The van der Waals surface area contributed by atoms with Crippen molar-refractivity contribution in [2.24, 2.45) is 0 Å². The van der Waals surface area contributed by atoms with Gasteiger partial charge in [0.05, 0.1) is 49.7 Å². The maximum atomic E-state index is 12.1. The van der Waals surface area contributed by atoms with Crippen molar-refractivity contribution in [2.75, 3.05) is 33.5 Å². The molecule has 0 saturated carbocycles. The minimum Gasteiger partial charge on any atom is -0.492 e. The SMILES string of the molecule is CCCOc1cc(CC(C)Oc2cc(CCOc3cc(C)sc3C3(O)COC3)sc2CC(=O)OC)sc1C(=O)O. The van der Waals surface area contributed by atoms with Crippen molar-refractivity contribution < 1.29 is 43.5 Å². The molecule has 3 aromatic rings. The molecule has 9 nitrogen and oxygen atoms in total. The van der Waals surface area contributed by atoms with Gasteiger partial charge < -0.3 is 33.9 Å². The molecule has 1 aliphatic heterocycles. The highest BCUT2D eigenvalue weighted by molar-refractivity contribution is 7.14. The number of aliphatic hydroxyl groups is 1. The minimum absolute atomic E-state index is 0.0855. The molecular formula is C28H34O9S3. The van der Waals surface area contributed by atoms with Crippen LogP contribution < -0.4 is 14.2 Å². The maximum Gasteiger partial charge on any atom is 0.349 e. The largest absolute Gasteiger partial charge is 0.492 e. The molecule has 1 aliphatic rings. The Kier molecular flexibility index (Phi) is 10.1. The molecule has 0 bridgehead atoms. The molecule has 4 heterocycles. The number of carbonyl (C=O) groups is 2. The van der Waals surface area contributed by atoms with Crippen LogP contribution in [0.2, 0.25) is 0 Å². The quantitative estimate of drug-likeness (QED) is 0.223. The van der Waals surface area contributed by atoms with Crippen LogP contribution in [0, 0.1) is 6.92 Å². The Bertz CT molecular complexity index is 1320. The fourth-order valence-corrected chi connectivity index (χ4v) is 7.29. The number of hydrogen-bond donors (Lipinski definition) is 2. The normalized spacial score (nSPS) is 14.8. The summed E-state index contributed by atoms with van der Waals surface area (Å²) in [5, 5.41) is 20.3. The second kappa shape index (κ2) is 13.3. The van der Waals surface area contributed by atoms with Crippen molar-refractivity contribution in [3.05, 3.63) is 47.5 Å². The Hall–Kier alpha value is -2.64. The van der Waals surface area contributed by atoms with Crippen LogP contribution in [-0.4, -0.2) is 61.8 Å². The third kappa shape index (κ3) is 7.35. The lowest BCUT2D eigenvalue weighted by Crippen LogP contribution is -2.46. The van der Waals surface area contributed by atoms with E-state index in [0.29, 0.717) is 43.3 Å². The first-order valence-corrected chi connectivity index (χ1v) is 15.4. The number of methoxy groups -OCH3 is 1. The van der Waals surface area contributed by atoms with Crippen LogP contribution in [0.5, 0.6) is 17.2 Å². The number of carbonyl (C=O) groups excluding carboxylic acids is 1. The highest BCUT2D eigenvalue weighted by Crippen LogP contribution is 2.42. The molecule has 1 unspecified atom stereocenters. The number of aromatic carboxylic acids is 1. The second-order valence-corrected chi connectivity index (χ2v) is 13.2. The molecule has 40 heavy (non-hydrogen) atoms. The maximum absolute atomic E-state index is 12.1. The summed E-state index contributed by atoms with van der Waals surface area (Å²) in [4.78, 5) is 28.3. The number of rotatable bonds is 15. The molecule has 12 heteroatoms. The lowest BCUT2D eigenvalue weighted by molar-refractivity contribution is -0.183. The topological polar surface area (TPSA) is 121 Å². The van der Waals surface area contributed by atoms with Gasteiger partial charge in [0.2, 0.25) is 0 Å². The Balaban J connectivity index is 1.42. The summed E-state index contributed by atoms with van der Waals surface area (Å²) in [6, 6.07) is 5.62. The van der Waals surface area contributed by atoms with Gasteiger partial charge in [-0.2, -0.15) is 0 Å². The third-order valence-corrected chi connectivity index (χ3v) is 9.63. The molecule has 0 spiro atoms. The van der Waals surface area contributed by atoms with E-state index in [2.05, 4.69) is 0 Å². The van der Waals surface area contributed by atoms with Crippen molar-refractivity contribution in [3.8, 4) is 17.2 Å². The van der Waals surface area contributed by atoms with E-state index in [1.165, 1.54) is 41.1 Å². The molecule has 0 radical (unpaired) electrons. The monoisotopic (exact) mass is 610 g/mol. The molecule has 4 rings (SSSR count). The van der Waals surface area contributed by atoms with Gasteiger partial charge in [0.25, 0.3) is 0 Å². The summed E-state index contributed by atoms with van der Waals surface area (Å²) in [5.74, 6) is 0.276. The average Bonchev–Trinajstić information content (AvgIpc) is 3.58. The first-order chi connectivity index (χ1) is 19.1. The predicted molar refractivity (Wildman–Crippen MR) is 154 cm³/mol. The zero-order valence-electron chi connectivity index (χ0n) is 22.9. The smallest absolute Gasteiger partial charge is 0.349 e. The summed E-state index contributed by atoms with van der Waals surface area (Å²) >= 11 is 4.16. The first-order valence-electron chi connectivity index (χ1n) is 13.0. The molecule has 0 amide bonds. The van der Waals surface area contributed by atoms with Crippen molar-refractivity contribution in [2.45, 2.75) is 58.2 Å². The zero-order chi connectivity index (χ0) is 28.9. The van der Waals surface area contributed by atoms with Crippen LogP contribution in [-0.2, 0) is 39.1 Å². The Labute approximate surface area is 245 Å². The molecule has 0 aliphatic carbocycles. The van der Waals surface area contributed by atoms with E-state index >= 15 is 0 Å². The molecular weight excluding hydrogens is 577 g/mol. The molecule has 1 fully saturated rings. The van der Waals surface area contributed by atoms with Crippen LogP contribution in [0.4, 0.5) is 0 Å². The van der Waals surface area contributed by atoms with Crippen LogP contribution in [0.25, 0.3) is 0 Å². The number of hydrogen-bond acceptors (Lipinski definition) is 11. The van der Waals surface area contributed by atoms with E-state index in [9.17, 15) is 19.8 Å². The Morgan fingerprint density at radius 2 is 1.77 bits per heavy atom. The summed E-state index contributed by atoms with van der Waals surface area (Å²) in [6.45, 7) is 7.21. The van der Waals surface area contributed by atoms with Gasteiger partial charge in [0.15, 0.2) is 4.88 Å². The van der Waals surface area contributed by atoms with Gasteiger partial charge in [-0.1, -0.05) is 6.92 Å². The van der Waals surface area contributed by atoms with Crippen molar-refractivity contribution in [1.29, 1.82) is 0 Å². The van der Waals surface area contributed by atoms with Gasteiger partial charge in [-0.05, 0) is 38.5 Å². The molecule has 0 aromatic carbocycles. The summed E-state index contributed by atoms with van der Waals surface area (Å²) in [5.41, 5.74) is -0.987. The number of carboxylic acids is 1. The molecule has 1 saturated heterocycles. The van der Waals surface area contributed by atoms with Crippen LogP contribution in [0.1, 0.15) is 54.3 Å². The van der Waals surface area contributed by atoms with Crippen LogP contribution in [0.15, 0.2) is 18.2 Å². The van der Waals surface area contributed by atoms with E-state index in [0.717, 1.165) is 30.8 Å².